The van der Waals surface area contributed by atoms with Gasteiger partial charge in [0.2, 0.25) is 5.91 Å². The number of anilines is 1. The minimum Gasteiger partial charge on any atom is -0.497 e. The van der Waals surface area contributed by atoms with Gasteiger partial charge in [-0.2, -0.15) is 0 Å². The molecule has 1 aromatic heterocycles. The molecular formula is C27H36N4O3. The number of allylic oxidation sites excluding steroid dienone is 1. The fourth-order valence-corrected chi connectivity index (χ4v) is 4.57. The average Bonchev–Trinajstić information content (AvgIpc) is 2.83. The van der Waals surface area contributed by atoms with Gasteiger partial charge in [0.05, 0.1) is 7.11 Å². The number of methoxy groups -OCH3 is 1. The molecule has 3 atom stereocenters. The van der Waals surface area contributed by atoms with Crippen molar-refractivity contribution in [1.82, 2.24) is 15.6 Å². The summed E-state index contributed by atoms with van der Waals surface area (Å²) in [5, 5.41) is 8.90. The number of benzene rings is 1. The van der Waals surface area contributed by atoms with E-state index in [9.17, 15) is 9.59 Å². The third-order valence-electron chi connectivity index (χ3n) is 6.57. The first-order valence-corrected chi connectivity index (χ1v) is 11.9. The third-order valence-corrected chi connectivity index (χ3v) is 6.57. The normalized spacial score (nSPS) is 19.8. The van der Waals surface area contributed by atoms with Crippen molar-refractivity contribution in [3.8, 4) is 5.75 Å². The van der Waals surface area contributed by atoms with E-state index in [2.05, 4.69) is 47.8 Å². The number of amides is 3. The van der Waals surface area contributed by atoms with Crippen LogP contribution in [0.2, 0.25) is 0 Å². The standard InChI is InChI=1S/C27H36N4O3/c1-18(2)25-13-21(14-26(32)29-16-20-6-5-11-28-15-20)19(3)12-22(25)17-30-27(33)31-23-7-9-24(34-4)10-8-23/h5-12,15,18,21-22,25H,13-14,16-17H2,1-4H3,(H,29,32)(H2,30,31,33). The Kier molecular flexibility index (Phi) is 9.08. The largest absolute Gasteiger partial charge is 0.497 e. The van der Waals surface area contributed by atoms with Crippen LogP contribution in [0.4, 0.5) is 10.5 Å². The smallest absolute Gasteiger partial charge is 0.319 e. The Balaban J connectivity index is 1.53. The Hall–Kier alpha value is -3.35. The first-order valence-electron chi connectivity index (χ1n) is 11.9. The first-order chi connectivity index (χ1) is 16.4. The molecule has 3 amide bonds. The summed E-state index contributed by atoms with van der Waals surface area (Å²) < 4.78 is 5.15. The Morgan fingerprint density at radius 2 is 1.91 bits per heavy atom. The Labute approximate surface area is 202 Å². The van der Waals surface area contributed by atoms with Crippen molar-refractivity contribution in [3.05, 3.63) is 66.0 Å². The summed E-state index contributed by atoms with van der Waals surface area (Å²) in [5.41, 5.74) is 2.92. The van der Waals surface area contributed by atoms with Crippen molar-refractivity contribution in [3.63, 3.8) is 0 Å². The summed E-state index contributed by atoms with van der Waals surface area (Å²) in [6.45, 7) is 7.57. The number of aromatic nitrogens is 1. The van der Waals surface area contributed by atoms with Crippen LogP contribution in [-0.4, -0.2) is 30.6 Å². The van der Waals surface area contributed by atoms with Crippen LogP contribution in [0.5, 0.6) is 5.75 Å². The summed E-state index contributed by atoms with van der Waals surface area (Å²) in [6.07, 6.45) is 7.16. The Bertz CT molecular complexity index is 973. The SMILES string of the molecule is COc1ccc(NC(=O)NCC2C=C(C)C(CC(=O)NCc3cccnc3)CC2C(C)C)cc1. The van der Waals surface area contributed by atoms with Gasteiger partial charge in [-0.15, -0.1) is 0 Å². The van der Waals surface area contributed by atoms with Gasteiger partial charge in [-0.05, 0) is 72.9 Å². The van der Waals surface area contributed by atoms with E-state index >= 15 is 0 Å². The highest BCUT2D eigenvalue weighted by Gasteiger charge is 2.32. The zero-order valence-corrected chi connectivity index (χ0v) is 20.5. The van der Waals surface area contributed by atoms with Crippen molar-refractivity contribution in [2.45, 2.75) is 40.2 Å². The van der Waals surface area contributed by atoms with E-state index in [0.29, 0.717) is 37.0 Å². The summed E-state index contributed by atoms with van der Waals surface area (Å²) in [6, 6.07) is 10.8. The van der Waals surface area contributed by atoms with Gasteiger partial charge in [0, 0.05) is 37.6 Å². The average molecular weight is 465 g/mol. The number of nitrogens with zero attached hydrogens (tertiary/aromatic N) is 1. The maximum absolute atomic E-state index is 12.6. The van der Waals surface area contributed by atoms with Crippen molar-refractivity contribution in [1.29, 1.82) is 0 Å². The summed E-state index contributed by atoms with van der Waals surface area (Å²) in [5.74, 6) is 2.08. The second-order valence-electron chi connectivity index (χ2n) is 9.32. The summed E-state index contributed by atoms with van der Waals surface area (Å²) in [7, 11) is 1.61. The second-order valence-corrected chi connectivity index (χ2v) is 9.32. The van der Waals surface area contributed by atoms with Crippen LogP contribution in [0.3, 0.4) is 0 Å². The van der Waals surface area contributed by atoms with Gasteiger partial charge in [-0.3, -0.25) is 9.78 Å². The molecule has 34 heavy (non-hydrogen) atoms. The molecule has 1 aliphatic rings. The van der Waals surface area contributed by atoms with Crippen molar-refractivity contribution < 1.29 is 14.3 Å². The van der Waals surface area contributed by atoms with E-state index < -0.39 is 0 Å². The molecule has 1 aromatic carbocycles. The van der Waals surface area contributed by atoms with Crippen LogP contribution in [0.25, 0.3) is 0 Å². The molecule has 7 nitrogen and oxygen atoms in total. The van der Waals surface area contributed by atoms with Crippen LogP contribution in [0, 0.1) is 23.7 Å². The summed E-state index contributed by atoms with van der Waals surface area (Å²) in [4.78, 5) is 29.1. The number of urea groups is 1. The van der Waals surface area contributed by atoms with E-state index in [1.807, 2.05) is 36.4 Å². The predicted octanol–water partition coefficient (Wildman–Crippen LogP) is 4.77. The van der Waals surface area contributed by atoms with Crippen LogP contribution in [0.1, 0.15) is 39.2 Å². The van der Waals surface area contributed by atoms with Crippen LogP contribution in [0.15, 0.2) is 60.4 Å². The number of pyridine rings is 1. The Morgan fingerprint density at radius 3 is 2.56 bits per heavy atom. The summed E-state index contributed by atoms with van der Waals surface area (Å²) >= 11 is 0. The minimum atomic E-state index is -0.226. The molecule has 3 N–H and O–H groups in total. The van der Waals surface area contributed by atoms with Gasteiger partial charge >= 0.3 is 6.03 Å². The van der Waals surface area contributed by atoms with Gasteiger partial charge in [0.1, 0.15) is 5.75 Å². The molecule has 0 saturated heterocycles. The maximum Gasteiger partial charge on any atom is 0.319 e. The van der Waals surface area contributed by atoms with Gasteiger partial charge in [0.15, 0.2) is 0 Å². The van der Waals surface area contributed by atoms with E-state index in [4.69, 9.17) is 4.74 Å². The molecule has 0 saturated carbocycles. The first kappa shape index (κ1) is 25.3. The number of carbonyl (C=O) groups excluding carboxylic acids is 2. The molecule has 1 heterocycles. The van der Waals surface area contributed by atoms with E-state index in [0.717, 1.165) is 17.7 Å². The molecule has 1 aliphatic carbocycles. The highest BCUT2D eigenvalue weighted by Crippen LogP contribution is 2.38. The molecule has 0 spiro atoms. The van der Waals surface area contributed by atoms with Crippen LogP contribution < -0.4 is 20.7 Å². The zero-order chi connectivity index (χ0) is 24.5. The Morgan fingerprint density at radius 1 is 1.15 bits per heavy atom. The van der Waals surface area contributed by atoms with E-state index in [1.54, 1.807) is 19.5 Å². The third kappa shape index (κ3) is 7.33. The molecule has 3 rings (SSSR count). The number of nitrogens with one attached hydrogen (secondary N) is 3. The predicted molar refractivity (Wildman–Crippen MR) is 134 cm³/mol. The van der Waals surface area contributed by atoms with Crippen LogP contribution >= 0.6 is 0 Å². The number of hydrogen-bond donors (Lipinski definition) is 3. The van der Waals surface area contributed by atoms with Crippen molar-refractivity contribution >= 4 is 17.6 Å². The molecule has 3 unspecified atom stereocenters. The second kappa shape index (κ2) is 12.2. The topological polar surface area (TPSA) is 92.4 Å². The lowest BCUT2D eigenvalue weighted by atomic mass is 9.70. The number of rotatable bonds is 9. The highest BCUT2D eigenvalue weighted by molar-refractivity contribution is 5.89. The molecule has 0 fully saturated rings. The van der Waals surface area contributed by atoms with Gasteiger partial charge in [-0.1, -0.05) is 31.6 Å². The fraction of sp³-hybridized carbons (Fsp3) is 0.444. The molecule has 182 valence electrons. The molecule has 0 bridgehead atoms. The molecule has 7 heteroatoms. The number of hydrogen-bond acceptors (Lipinski definition) is 4. The lowest BCUT2D eigenvalue weighted by Gasteiger charge is -2.37. The van der Waals surface area contributed by atoms with Crippen molar-refractivity contribution in [2.24, 2.45) is 23.7 Å². The number of carbonyl (C=O) groups is 2. The molecule has 0 radical (unpaired) electrons. The van der Waals surface area contributed by atoms with Crippen molar-refractivity contribution in [2.75, 3.05) is 19.0 Å². The molecule has 0 aliphatic heterocycles. The highest BCUT2D eigenvalue weighted by atomic mass is 16.5. The molecule has 2 aromatic rings. The quantitative estimate of drug-likeness (QED) is 0.466. The number of ether oxygens (including phenoxy) is 1. The molecular weight excluding hydrogens is 428 g/mol. The van der Waals surface area contributed by atoms with E-state index in [1.165, 1.54) is 5.57 Å². The van der Waals surface area contributed by atoms with Crippen LogP contribution in [-0.2, 0) is 11.3 Å². The monoisotopic (exact) mass is 464 g/mol. The maximum atomic E-state index is 12.6. The lowest BCUT2D eigenvalue weighted by molar-refractivity contribution is -0.122. The van der Waals surface area contributed by atoms with Gasteiger partial charge < -0.3 is 20.7 Å². The van der Waals surface area contributed by atoms with Gasteiger partial charge in [-0.25, -0.2) is 4.79 Å². The lowest BCUT2D eigenvalue weighted by Crippen LogP contribution is -2.39. The van der Waals surface area contributed by atoms with E-state index in [-0.39, 0.29) is 23.8 Å². The minimum absolute atomic E-state index is 0.0551. The zero-order valence-electron chi connectivity index (χ0n) is 20.5. The van der Waals surface area contributed by atoms with Gasteiger partial charge in [0.25, 0.3) is 0 Å². The fourth-order valence-electron chi connectivity index (χ4n) is 4.57.